The van der Waals surface area contributed by atoms with Gasteiger partial charge in [-0.3, -0.25) is 0 Å². The molecule has 0 aromatic carbocycles. The molecule has 6 nitrogen and oxygen atoms in total. The van der Waals surface area contributed by atoms with E-state index in [1.165, 1.54) is 0 Å². The Balaban J connectivity index is 2.88. The standard InChI is InChI=1S/C8H18N4O2/c9-3-1-2-5-13-7-8-14-6-4-11-12-10/h1-9H2. The Bertz CT molecular complexity index is 159. The molecule has 0 spiro atoms. The van der Waals surface area contributed by atoms with Crippen molar-refractivity contribution in [1.82, 2.24) is 0 Å². The van der Waals surface area contributed by atoms with Gasteiger partial charge in [0, 0.05) is 18.1 Å². The van der Waals surface area contributed by atoms with Crippen LogP contribution in [-0.4, -0.2) is 39.5 Å². The van der Waals surface area contributed by atoms with Gasteiger partial charge in [-0.1, -0.05) is 5.11 Å². The second kappa shape index (κ2) is 12.2. The Morgan fingerprint density at radius 2 is 1.79 bits per heavy atom. The summed E-state index contributed by atoms with van der Waals surface area (Å²) in [4.78, 5) is 2.61. The van der Waals surface area contributed by atoms with Gasteiger partial charge >= 0.3 is 0 Å². The fourth-order valence-electron chi connectivity index (χ4n) is 0.821. The first-order valence-corrected chi connectivity index (χ1v) is 4.78. The Labute approximate surface area is 84.0 Å². The number of nitrogens with two attached hydrogens (primary N) is 1. The molecule has 0 radical (unpaired) electrons. The highest BCUT2D eigenvalue weighted by Crippen LogP contribution is 1.87. The molecule has 0 heterocycles. The second-order valence-electron chi connectivity index (χ2n) is 2.67. The second-order valence-corrected chi connectivity index (χ2v) is 2.67. The van der Waals surface area contributed by atoms with Gasteiger partial charge in [0.15, 0.2) is 0 Å². The molecule has 0 saturated carbocycles. The van der Waals surface area contributed by atoms with Gasteiger partial charge in [0.25, 0.3) is 0 Å². The van der Waals surface area contributed by atoms with Crippen molar-refractivity contribution in [1.29, 1.82) is 0 Å². The van der Waals surface area contributed by atoms with E-state index >= 15 is 0 Å². The third-order valence-electron chi connectivity index (χ3n) is 1.51. The fourth-order valence-corrected chi connectivity index (χ4v) is 0.821. The summed E-state index contributed by atoms with van der Waals surface area (Å²) >= 11 is 0. The topological polar surface area (TPSA) is 93.2 Å². The molecule has 0 bridgehead atoms. The number of azide groups is 1. The number of hydrogen-bond donors (Lipinski definition) is 1. The molecule has 0 fully saturated rings. The van der Waals surface area contributed by atoms with Crippen LogP contribution in [0.5, 0.6) is 0 Å². The Hall–Kier alpha value is -0.810. The van der Waals surface area contributed by atoms with Crippen molar-refractivity contribution in [3.8, 4) is 0 Å². The lowest BCUT2D eigenvalue weighted by atomic mass is 10.3. The van der Waals surface area contributed by atoms with E-state index in [9.17, 15) is 0 Å². The number of rotatable bonds is 10. The predicted molar refractivity (Wildman–Crippen MR) is 53.9 cm³/mol. The van der Waals surface area contributed by atoms with Gasteiger partial charge in [0.2, 0.25) is 0 Å². The van der Waals surface area contributed by atoms with Crippen molar-refractivity contribution < 1.29 is 9.47 Å². The maximum Gasteiger partial charge on any atom is 0.0700 e. The summed E-state index contributed by atoms with van der Waals surface area (Å²) in [5, 5.41) is 3.33. The zero-order valence-corrected chi connectivity index (χ0v) is 8.39. The molecular formula is C8H18N4O2. The Morgan fingerprint density at radius 1 is 1.07 bits per heavy atom. The van der Waals surface area contributed by atoms with E-state index in [-0.39, 0.29) is 0 Å². The molecule has 0 aliphatic heterocycles. The molecule has 0 atom stereocenters. The van der Waals surface area contributed by atoms with Crippen LogP contribution in [0.25, 0.3) is 10.4 Å². The van der Waals surface area contributed by atoms with Crippen LogP contribution in [0.3, 0.4) is 0 Å². The van der Waals surface area contributed by atoms with Crippen LogP contribution in [0.1, 0.15) is 12.8 Å². The highest BCUT2D eigenvalue weighted by atomic mass is 16.5. The van der Waals surface area contributed by atoms with Crippen LogP contribution in [0, 0.1) is 0 Å². The zero-order valence-electron chi connectivity index (χ0n) is 8.39. The van der Waals surface area contributed by atoms with E-state index in [1.54, 1.807) is 0 Å². The van der Waals surface area contributed by atoms with Crippen LogP contribution in [-0.2, 0) is 9.47 Å². The van der Waals surface area contributed by atoms with Crippen molar-refractivity contribution >= 4 is 0 Å². The van der Waals surface area contributed by atoms with E-state index in [1.807, 2.05) is 0 Å². The largest absolute Gasteiger partial charge is 0.379 e. The zero-order chi connectivity index (χ0) is 10.5. The van der Waals surface area contributed by atoms with Crippen LogP contribution >= 0.6 is 0 Å². The van der Waals surface area contributed by atoms with Gasteiger partial charge in [-0.05, 0) is 24.9 Å². The molecule has 14 heavy (non-hydrogen) atoms. The molecule has 0 saturated heterocycles. The normalized spacial score (nSPS) is 9.79. The highest BCUT2D eigenvalue weighted by Gasteiger charge is 1.89. The average Bonchev–Trinajstić information content (AvgIpc) is 2.21. The van der Waals surface area contributed by atoms with E-state index in [0.29, 0.717) is 32.9 Å². The summed E-state index contributed by atoms with van der Waals surface area (Å²) in [5.74, 6) is 0. The molecule has 0 rings (SSSR count). The van der Waals surface area contributed by atoms with Crippen LogP contribution in [0.15, 0.2) is 5.11 Å². The summed E-state index contributed by atoms with van der Waals surface area (Å²) in [6.07, 6.45) is 1.99. The summed E-state index contributed by atoms with van der Waals surface area (Å²) in [6, 6.07) is 0. The van der Waals surface area contributed by atoms with Crippen molar-refractivity contribution in [2.24, 2.45) is 10.8 Å². The minimum Gasteiger partial charge on any atom is -0.379 e. The van der Waals surface area contributed by atoms with Gasteiger partial charge in [-0.2, -0.15) is 0 Å². The molecular weight excluding hydrogens is 184 g/mol. The monoisotopic (exact) mass is 202 g/mol. The SMILES string of the molecule is [N-]=[N+]=NCCOCCOCCCCN. The molecule has 0 aromatic heterocycles. The summed E-state index contributed by atoms with van der Waals surface area (Å²) < 4.78 is 10.4. The van der Waals surface area contributed by atoms with Gasteiger partial charge < -0.3 is 15.2 Å². The van der Waals surface area contributed by atoms with E-state index in [0.717, 1.165) is 19.4 Å². The van der Waals surface area contributed by atoms with E-state index in [2.05, 4.69) is 10.0 Å². The summed E-state index contributed by atoms with van der Waals surface area (Å²) in [6.45, 7) is 3.41. The van der Waals surface area contributed by atoms with Crippen LogP contribution < -0.4 is 5.73 Å². The molecule has 0 aliphatic rings. The molecule has 82 valence electrons. The third kappa shape index (κ3) is 11.2. The maximum atomic E-state index is 7.96. The fraction of sp³-hybridized carbons (Fsp3) is 1.00. The molecule has 0 unspecified atom stereocenters. The van der Waals surface area contributed by atoms with E-state index < -0.39 is 0 Å². The van der Waals surface area contributed by atoms with Gasteiger partial charge in [-0.25, -0.2) is 0 Å². The quantitative estimate of drug-likeness (QED) is 0.248. The molecule has 0 amide bonds. The minimum atomic E-state index is 0.379. The Kier molecular flexibility index (Phi) is 11.5. The Morgan fingerprint density at radius 3 is 2.43 bits per heavy atom. The lowest BCUT2D eigenvalue weighted by Crippen LogP contribution is -2.08. The number of nitrogens with zero attached hydrogens (tertiary/aromatic N) is 3. The first kappa shape index (κ1) is 13.2. The minimum absolute atomic E-state index is 0.379. The number of ether oxygens (including phenoxy) is 2. The molecule has 0 aromatic rings. The van der Waals surface area contributed by atoms with Gasteiger partial charge in [0.05, 0.1) is 19.8 Å². The van der Waals surface area contributed by atoms with Crippen LogP contribution in [0.2, 0.25) is 0 Å². The van der Waals surface area contributed by atoms with Crippen LogP contribution in [0.4, 0.5) is 0 Å². The maximum absolute atomic E-state index is 7.96. The average molecular weight is 202 g/mol. The van der Waals surface area contributed by atoms with Crippen molar-refractivity contribution in [3.63, 3.8) is 0 Å². The smallest absolute Gasteiger partial charge is 0.0700 e. The summed E-state index contributed by atoms with van der Waals surface area (Å²) in [5.41, 5.74) is 13.3. The number of hydrogen-bond acceptors (Lipinski definition) is 4. The van der Waals surface area contributed by atoms with E-state index in [4.69, 9.17) is 20.7 Å². The van der Waals surface area contributed by atoms with Crippen molar-refractivity contribution in [2.45, 2.75) is 12.8 Å². The van der Waals surface area contributed by atoms with Gasteiger partial charge in [-0.15, -0.1) is 0 Å². The lowest BCUT2D eigenvalue weighted by molar-refractivity contribution is 0.0495. The number of unbranched alkanes of at least 4 members (excludes halogenated alkanes) is 1. The first-order valence-electron chi connectivity index (χ1n) is 4.78. The third-order valence-corrected chi connectivity index (χ3v) is 1.51. The van der Waals surface area contributed by atoms with Gasteiger partial charge in [0.1, 0.15) is 0 Å². The molecule has 0 aliphatic carbocycles. The highest BCUT2D eigenvalue weighted by molar-refractivity contribution is 4.44. The lowest BCUT2D eigenvalue weighted by Gasteiger charge is -2.03. The van der Waals surface area contributed by atoms with Crippen molar-refractivity contribution in [3.05, 3.63) is 10.4 Å². The summed E-state index contributed by atoms with van der Waals surface area (Å²) in [7, 11) is 0. The molecule has 2 N–H and O–H groups in total. The van der Waals surface area contributed by atoms with Crippen molar-refractivity contribution in [2.75, 3.05) is 39.5 Å². The predicted octanol–water partition coefficient (Wildman–Crippen LogP) is 1.07. The first-order chi connectivity index (χ1) is 6.91. The molecule has 6 heteroatoms.